The van der Waals surface area contributed by atoms with Gasteiger partial charge in [0.05, 0.1) is 11.1 Å². The Hall–Kier alpha value is -1.24. The van der Waals surface area contributed by atoms with Crippen LogP contribution >= 0.6 is 0 Å². The molecule has 0 aliphatic heterocycles. The second-order valence-electron chi connectivity index (χ2n) is 4.61. The molecule has 0 saturated heterocycles. The van der Waals surface area contributed by atoms with Crippen molar-refractivity contribution in [3.8, 4) is 0 Å². The fraction of sp³-hybridized carbons (Fsp3) is 0.500. The zero-order valence-electron chi connectivity index (χ0n) is 10.2. The molecule has 0 radical (unpaired) electrons. The van der Waals surface area contributed by atoms with Gasteiger partial charge in [0.1, 0.15) is 0 Å². The molecule has 2 N–H and O–H groups in total. The zero-order chi connectivity index (χ0) is 15.0. The van der Waals surface area contributed by atoms with E-state index in [1.165, 1.54) is 0 Å². The number of nitrogens with two attached hydrogens (primary N) is 1. The van der Waals surface area contributed by atoms with Crippen molar-refractivity contribution in [1.82, 2.24) is 0 Å². The van der Waals surface area contributed by atoms with Crippen LogP contribution in [-0.2, 0) is 12.4 Å². The third-order valence-electron chi connectivity index (χ3n) is 2.71. The molecule has 1 rings (SSSR count). The van der Waals surface area contributed by atoms with Crippen LogP contribution in [0.4, 0.5) is 26.3 Å². The van der Waals surface area contributed by atoms with E-state index in [9.17, 15) is 26.3 Å². The Balaban J connectivity index is 3.41. The maximum atomic E-state index is 12.6. The van der Waals surface area contributed by atoms with E-state index >= 15 is 0 Å². The lowest BCUT2D eigenvalue weighted by Gasteiger charge is -2.20. The molecule has 0 unspecified atom stereocenters. The molecule has 0 amide bonds. The number of hydrogen-bond acceptors (Lipinski definition) is 1. The van der Waals surface area contributed by atoms with Gasteiger partial charge in [-0.1, -0.05) is 13.8 Å². The van der Waals surface area contributed by atoms with E-state index in [1.54, 1.807) is 13.8 Å². The maximum Gasteiger partial charge on any atom is 0.416 e. The maximum absolute atomic E-state index is 12.6. The lowest BCUT2D eigenvalue weighted by Crippen LogP contribution is -2.19. The third-order valence-corrected chi connectivity index (χ3v) is 2.71. The fourth-order valence-electron chi connectivity index (χ4n) is 1.56. The van der Waals surface area contributed by atoms with E-state index in [0.717, 1.165) is 0 Å². The number of rotatable bonds is 2. The molecule has 1 nitrogen and oxygen atoms in total. The second kappa shape index (κ2) is 5.03. The van der Waals surface area contributed by atoms with Gasteiger partial charge >= 0.3 is 12.4 Å². The molecule has 0 saturated carbocycles. The van der Waals surface area contributed by atoms with Crippen LogP contribution in [-0.4, -0.2) is 0 Å². The highest BCUT2D eigenvalue weighted by Crippen LogP contribution is 2.37. The van der Waals surface area contributed by atoms with E-state index < -0.39 is 29.5 Å². The topological polar surface area (TPSA) is 26.0 Å². The normalized spacial score (nSPS) is 14.8. The minimum Gasteiger partial charge on any atom is -0.324 e. The van der Waals surface area contributed by atoms with Crippen LogP contribution in [0.15, 0.2) is 18.2 Å². The van der Waals surface area contributed by atoms with Gasteiger partial charge in [-0.05, 0) is 29.7 Å². The Morgan fingerprint density at radius 3 is 1.47 bits per heavy atom. The Labute approximate surface area is 106 Å². The van der Waals surface area contributed by atoms with Crippen LogP contribution in [0.2, 0.25) is 0 Å². The van der Waals surface area contributed by atoms with Crippen molar-refractivity contribution in [3.05, 3.63) is 34.9 Å². The number of halogens is 6. The van der Waals surface area contributed by atoms with Crippen LogP contribution in [0.3, 0.4) is 0 Å². The van der Waals surface area contributed by atoms with E-state index in [2.05, 4.69) is 0 Å². The lowest BCUT2D eigenvalue weighted by molar-refractivity contribution is -0.143. The van der Waals surface area contributed by atoms with Crippen LogP contribution in [0.5, 0.6) is 0 Å². The molecule has 0 fully saturated rings. The summed E-state index contributed by atoms with van der Waals surface area (Å²) in [6, 6.07) is 0.541. The lowest BCUT2D eigenvalue weighted by atomic mass is 9.93. The predicted octanol–water partition coefficient (Wildman–Crippen LogP) is 4.38. The molecular weight excluding hydrogens is 272 g/mol. The van der Waals surface area contributed by atoms with Gasteiger partial charge in [0, 0.05) is 6.04 Å². The highest BCUT2D eigenvalue weighted by Gasteiger charge is 2.37. The van der Waals surface area contributed by atoms with Crippen molar-refractivity contribution < 1.29 is 26.3 Å². The number of benzene rings is 1. The van der Waals surface area contributed by atoms with Crippen molar-refractivity contribution in [2.75, 3.05) is 0 Å². The summed E-state index contributed by atoms with van der Waals surface area (Å²) >= 11 is 0. The summed E-state index contributed by atoms with van der Waals surface area (Å²) in [5.74, 6) is -0.274. The SMILES string of the molecule is CC(C)[C@H](N)c1cc(C(F)(F)F)cc(C(F)(F)F)c1. The summed E-state index contributed by atoms with van der Waals surface area (Å²) < 4.78 is 75.6. The van der Waals surface area contributed by atoms with Crippen molar-refractivity contribution in [2.24, 2.45) is 11.7 Å². The molecule has 19 heavy (non-hydrogen) atoms. The van der Waals surface area contributed by atoms with Gasteiger partial charge in [0.25, 0.3) is 0 Å². The first-order valence-electron chi connectivity index (χ1n) is 5.48. The first-order valence-corrected chi connectivity index (χ1v) is 5.48. The monoisotopic (exact) mass is 285 g/mol. The Morgan fingerprint density at radius 1 is 0.842 bits per heavy atom. The highest BCUT2D eigenvalue weighted by molar-refractivity contribution is 5.35. The molecule has 1 aromatic carbocycles. The molecular formula is C12H13F6N. The smallest absolute Gasteiger partial charge is 0.324 e. The standard InChI is InChI=1S/C12H13F6N/c1-6(2)10(19)7-3-8(11(13,14)15)5-9(4-7)12(16,17)18/h3-6,10H,19H2,1-2H3/t10-/m0/s1. The van der Waals surface area contributed by atoms with E-state index in [0.29, 0.717) is 12.1 Å². The number of alkyl halides is 6. The van der Waals surface area contributed by atoms with Crippen molar-refractivity contribution in [3.63, 3.8) is 0 Å². The summed E-state index contributed by atoms with van der Waals surface area (Å²) in [4.78, 5) is 0. The highest BCUT2D eigenvalue weighted by atomic mass is 19.4. The van der Waals surface area contributed by atoms with E-state index in [1.807, 2.05) is 0 Å². The molecule has 0 spiro atoms. The van der Waals surface area contributed by atoms with Crippen molar-refractivity contribution in [1.29, 1.82) is 0 Å². The molecule has 1 atom stereocenters. The van der Waals surface area contributed by atoms with E-state index in [4.69, 9.17) is 5.73 Å². The summed E-state index contributed by atoms with van der Waals surface area (Å²) in [7, 11) is 0. The van der Waals surface area contributed by atoms with Crippen molar-refractivity contribution >= 4 is 0 Å². The molecule has 1 aromatic rings. The molecule has 0 bridgehead atoms. The van der Waals surface area contributed by atoms with Crippen LogP contribution in [0.1, 0.15) is 36.6 Å². The summed E-state index contributed by atoms with van der Waals surface area (Å²) in [6.07, 6.45) is -9.68. The molecule has 108 valence electrons. The van der Waals surface area contributed by atoms with Crippen LogP contribution in [0, 0.1) is 5.92 Å². The van der Waals surface area contributed by atoms with Crippen LogP contribution in [0.25, 0.3) is 0 Å². The summed E-state index contributed by atoms with van der Waals surface area (Å²) in [5, 5.41) is 0. The largest absolute Gasteiger partial charge is 0.416 e. The van der Waals surface area contributed by atoms with Gasteiger partial charge in [-0.3, -0.25) is 0 Å². The minimum atomic E-state index is -4.84. The second-order valence-corrected chi connectivity index (χ2v) is 4.61. The minimum absolute atomic E-state index is 0.0938. The third kappa shape index (κ3) is 3.86. The van der Waals surface area contributed by atoms with Gasteiger partial charge in [-0.2, -0.15) is 26.3 Å². The average molecular weight is 285 g/mol. The summed E-state index contributed by atoms with van der Waals surface area (Å²) in [5.41, 5.74) is 2.78. The Bertz CT molecular complexity index is 414. The average Bonchev–Trinajstić information content (AvgIpc) is 2.24. The first-order chi connectivity index (χ1) is 8.43. The molecule has 0 aromatic heterocycles. The Kier molecular flexibility index (Phi) is 4.19. The van der Waals surface area contributed by atoms with Gasteiger partial charge in [-0.25, -0.2) is 0 Å². The Morgan fingerprint density at radius 2 is 1.21 bits per heavy atom. The van der Waals surface area contributed by atoms with Gasteiger partial charge < -0.3 is 5.73 Å². The molecule has 0 heterocycles. The molecule has 0 aliphatic carbocycles. The van der Waals surface area contributed by atoms with Crippen LogP contribution < -0.4 is 5.73 Å². The number of hydrogen-bond donors (Lipinski definition) is 1. The molecule has 0 aliphatic rings. The van der Waals surface area contributed by atoms with Crippen molar-refractivity contribution in [2.45, 2.75) is 32.2 Å². The van der Waals surface area contributed by atoms with E-state index in [-0.39, 0.29) is 17.5 Å². The van der Waals surface area contributed by atoms with Gasteiger partial charge in [0.15, 0.2) is 0 Å². The predicted molar refractivity (Wildman–Crippen MR) is 58.2 cm³/mol. The van der Waals surface area contributed by atoms with Gasteiger partial charge in [0.2, 0.25) is 0 Å². The first kappa shape index (κ1) is 15.8. The fourth-order valence-corrected chi connectivity index (χ4v) is 1.56. The van der Waals surface area contributed by atoms with Gasteiger partial charge in [-0.15, -0.1) is 0 Å². The zero-order valence-corrected chi connectivity index (χ0v) is 10.2. The summed E-state index contributed by atoms with van der Waals surface area (Å²) in [6.45, 7) is 3.25. The molecule has 7 heteroatoms. The quantitative estimate of drug-likeness (QED) is 0.802.